The molecule has 0 aliphatic carbocycles. The zero-order valence-electron chi connectivity index (χ0n) is 14.2. The molecule has 4 rings (SSSR count). The highest BCUT2D eigenvalue weighted by Crippen LogP contribution is 2.20. The summed E-state index contributed by atoms with van der Waals surface area (Å²) in [5.41, 5.74) is 0. The first kappa shape index (κ1) is 16.2. The quantitative estimate of drug-likeness (QED) is 0.765. The van der Waals surface area contributed by atoms with Crippen molar-refractivity contribution in [2.75, 3.05) is 77.1 Å². The highest BCUT2D eigenvalue weighted by molar-refractivity contribution is 5.29. The second-order valence-corrected chi connectivity index (χ2v) is 6.96. The summed E-state index contributed by atoms with van der Waals surface area (Å²) in [7, 11) is 0. The predicted octanol–water partition coefficient (Wildman–Crippen LogP) is -0.0542. The lowest BCUT2D eigenvalue weighted by Gasteiger charge is -2.48. The lowest BCUT2D eigenvalue weighted by molar-refractivity contribution is 0.00580. The number of nitrogens with zero attached hydrogens (tertiary/aromatic N) is 5. The van der Waals surface area contributed by atoms with Gasteiger partial charge in [0.2, 0.25) is 5.95 Å². The monoisotopic (exact) mass is 333 g/mol. The number of rotatable bonds is 4. The van der Waals surface area contributed by atoms with E-state index in [1.807, 2.05) is 18.5 Å². The van der Waals surface area contributed by atoms with Gasteiger partial charge in [0.1, 0.15) is 0 Å². The molecule has 1 aromatic rings. The van der Waals surface area contributed by atoms with Crippen LogP contribution in [0.4, 0.5) is 5.95 Å². The highest BCUT2D eigenvalue weighted by atomic mass is 16.5. The molecule has 0 bridgehead atoms. The maximum Gasteiger partial charge on any atom is 0.225 e. The highest BCUT2D eigenvalue weighted by Gasteiger charge is 2.34. The Bertz CT molecular complexity index is 495. The first-order valence-electron chi connectivity index (χ1n) is 9.02. The zero-order valence-corrected chi connectivity index (χ0v) is 14.2. The SMILES string of the molecule is c1cnc(N2CCN(C3CN(CC4COCCOC4)C3)CC2)nc1. The Hall–Kier alpha value is -1.28. The van der Waals surface area contributed by atoms with Crippen molar-refractivity contribution < 1.29 is 9.47 Å². The van der Waals surface area contributed by atoms with Crippen LogP contribution in [0.3, 0.4) is 0 Å². The van der Waals surface area contributed by atoms with Gasteiger partial charge in [-0.2, -0.15) is 0 Å². The van der Waals surface area contributed by atoms with Crippen LogP contribution >= 0.6 is 0 Å². The standard InChI is InChI=1S/C17H27N5O2/c1-2-18-17(19-3-1)22-6-4-21(5-7-22)16-11-20(12-16)10-15-13-23-8-9-24-14-15/h1-3,15-16H,4-14H2. The van der Waals surface area contributed by atoms with Crippen LogP contribution in [0.15, 0.2) is 18.5 Å². The predicted molar refractivity (Wildman–Crippen MR) is 91.2 cm³/mol. The van der Waals surface area contributed by atoms with Crippen molar-refractivity contribution in [3.05, 3.63) is 18.5 Å². The average Bonchev–Trinajstić information content (AvgIpc) is 2.87. The van der Waals surface area contributed by atoms with Gasteiger partial charge in [0.15, 0.2) is 0 Å². The largest absolute Gasteiger partial charge is 0.379 e. The van der Waals surface area contributed by atoms with Crippen molar-refractivity contribution in [1.29, 1.82) is 0 Å². The van der Waals surface area contributed by atoms with E-state index in [0.29, 0.717) is 12.0 Å². The van der Waals surface area contributed by atoms with E-state index in [-0.39, 0.29) is 0 Å². The zero-order chi connectivity index (χ0) is 16.2. The Morgan fingerprint density at radius 3 is 2.29 bits per heavy atom. The summed E-state index contributed by atoms with van der Waals surface area (Å²) >= 11 is 0. The average molecular weight is 333 g/mol. The van der Waals surface area contributed by atoms with Crippen molar-refractivity contribution in [2.45, 2.75) is 6.04 Å². The fourth-order valence-corrected chi connectivity index (χ4v) is 3.80. The molecule has 0 spiro atoms. The van der Waals surface area contributed by atoms with Gasteiger partial charge in [-0.15, -0.1) is 0 Å². The molecule has 3 aliphatic heterocycles. The molecule has 3 aliphatic rings. The molecular weight excluding hydrogens is 306 g/mol. The number of hydrogen-bond donors (Lipinski definition) is 0. The molecule has 0 N–H and O–H groups in total. The number of piperazine rings is 1. The van der Waals surface area contributed by atoms with Crippen LogP contribution < -0.4 is 4.90 Å². The lowest BCUT2D eigenvalue weighted by atomic mass is 10.0. The van der Waals surface area contributed by atoms with Gasteiger partial charge in [0.05, 0.1) is 26.4 Å². The third kappa shape index (κ3) is 3.85. The minimum absolute atomic E-state index is 0.528. The lowest BCUT2D eigenvalue weighted by Crippen LogP contribution is -2.63. The van der Waals surface area contributed by atoms with Crippen molar-refractivity contribution >= 4 is 5.95 Å². The Morgan fingerprint density at radius 2 is 1.62 bits per heavy atom. The summed E-state index contributed by atoms with van der Waals surface area (Å²) in [5.74, 6) is 1.39. The summed E-state index contributed by atoms with van der Waals surface area (Å²) in [6.07, 6.45) is 3.64. The summed E-state index contributed by atoms with van der Waals surface area (Å²) in [6.45, 7) is 10.9. The Labute approximate surface area is 143 Å². The van der Waals surface area contributed by atoms with E-state index < -0.39 is 0 Å². The summed E-state index contributed by atoms with van der Waals surface area (Å²) in [6, 6.07) is 2.57. The number of hydrogen-bond acceptors (Lipinski definition) is 7. The molecule has 0 amide bonds. The molecule has 7 nitrogen and oxygen atoms in total. The first-order chi connectivity index (χ1) is 11.9. The van der Waals surface area contributed by atoms with E-state index in [2.05, 4.69) is 24.7 Å². The topological polar surface area (TPSA) is 54.0 Å². The van der Waals surface area contributed by atoms with Gasteiger partial charge in [-0.05, 0) is 6.07 Å². The summed E-state index contributed by atoms with van der Waals surface area (Å²) in [4.78, 5) is 16.2. The maximum atomic E-state index is 5.59. The van der Waals surface area contributed by atoms with E-state index in [4.69, 9.17) is 9.47 Å². The van der Waals surface area contributed by atoms with Gasteiger partial charge >= 0.3 is 0 Å². The second-order valence-electron chi connectivity index (χ2n) is 6.96. The van der Waals surface area contributed by atoms with E-state index in [1.54, 1.807) is 0 Å². The molecule has 7 heteroatoms. The van der Waals surface area contributed by atoms with Gasteiger partial charge in [-0.1, -0.05) is 0 Å². The molecule has 0 radical (unpaired) electrons. The van der Waals surface area contributed by atoms with E-state index in [0.717, 1.165) is 65.1 Å². The van der Waals surface area contributed by atoms with Gasteiger partial charge in [-0.3, -0.25) is 9.80 Å². The van der Waals surface area contributed by atoms with Crippen LogP contribution in [0.5, 0.6) is 0 Å². The molecule has 1 aromatic heterocycles. The molecule has 0 aromatic carbocycles. The van der Waals surface area contributed by atoms with Gasteiger partial charge < -0.3 is 14.4 Å². The molecule has 24 heavy (non-hydrogen) atoms. The van der Waals surface area contributed by atoms with Gasteiger partial charge in [0, 0.05) is 70.2 Å². The number of anilines is 1. The minimum Gasteiger partial charge on any atom is -0.379 e. The van der Waals surface area contributed by atoms with Crippen molar-refractivity contribution in [1.82, 2.24) is 19.8 Å². The Balaban J connectivity index is 1.18. The van der Waals surface area contributed by atoms with Crippen LogP contribution in [0.1, 0.15) is 0 Å². The molecule has 3 saturated heterocycles. The smallest absolute Gasteiger partial charge is 0.225 e. The Morgan fingerprint density at radius 1 is 0.958 bits per heavy atom. The van der Waals surface area contributed by atoms with Crippen molar-refractivity contribution in [3.8, 4) is 0 Å². The van der Waals surface area contributed by atoms with Gasteiger partial charge in [0.25, 0.3) is 0 Å². The fraction of sp³-hybridized carbons (Fsp3) is 0.765. The van der Waals surface area contributed by atoms with Crippen LogP contribution in [-0.4, -0.2) is 98.1 Å². The van der Waals surface area contributed by atoms with Crippen molar-refractivity contribution in [2.24, 2.45) is 5.92 Å². The summed E-state index contributed by atoms with van der Waals surface area (Å²) in [5, 5.41) is 0. The molecule has 132 valence electrons. The molecular formula is C17H27N5O2. The first-order valence-corrected chi connectivity index (χ1v) is 9.02. The van der Waals surface area contributed by atoms with E-state index in [9.17, 15) is 0 Å². The number of ether oxygens (including phenoxy) is 2. The molecule has 0 atom stereocenters. The normalized spacial score (nSPS) is 25.4. The van der Waals surface area contributed by atoms with Crippen molar-refractivity contribution in [3.63, 3.8) is 0 Å². The number of likely N-dealkylation sites (tertiary alicyclic amines) is 1. The van der Waals surface area contributed by atoms with E-state index >= 15 is 0 Å². The minimum atomic E-state index is 0.528. The fourth-order valence-electron chi connectivity index (χ4n) is 3.80. The van der Waals surface area contributed by atoms with E-state index in [1.165, 1.54) is 13.1 Å². The Kier molecular flexibility index (Phi) is 5.22. The molecule has 0 saturated carbocycles. The van der Waals surface area contributed by atoms with Crippen LogP contribution in [-0.2, 0) is 9.47 Å². The van der Waals surface area contributed by atoms with Crippen LogP contribution in [0, 0.1) is 5.92 Å². The third-order valence-electron chi connectivity index (χ3n) is 5.20. The molecule has 4 heterocycles. The maximum absolute atomic E-state index is 5.59. The summed E-state index contributed by atoms with van der Waals surface area (Å²) < 4.78 is 11.2. The van der Waals surface area contributed by atoms with Crippen LogP contribution in [0.2, 0.25) is 0 Å². The van der Waals surface area contributed by atoms with Crippen LogP contribution in [0.25, 0.3) is 0 Å². The third-order valence-corrected chi connectivity index (χ3v) is 5.20. The molecule has 3 fully saturated rings. The second kappa shape index (κ2) is 7.74. The van der Waals surface area contributed by atoms with Gasteiger partial charge in [-0.25, -0.2) is 9.97 Å². The molecule has 0 unspecified atom stereocenters. The number of aromatic nitrogens is 2.